The molecule has 1 aromatic carbocycles. The third-order valence-corrected chi connectivity index (χ3v) is 5.08. The normalized spacial score (nSPS) is 10.6. The van der Waals surface area contributed by atoms with Crippen LogP contribution in [0.1, 0.15) is 71.1 Å². The van der Waals surface area contributed by atoms with Crippen LogP contribution in [0, 0.1) is 0 Å². The lowest BCUT2D eigenvalue weighted by Crippen LogP contribution is -2.29. The maximum atomic E-state index is 6.13. The van der Waals surface area contributed by atoms with E-state index in [0.717, 1.165) is 18.7 Å². The molecule has 0 aliphatic carbocycles. The fraction of sp³-hybridized carbons (Fsp3) is 0.632. The highest BCUT2D eigenvalue weighted by Crippen LogP contribution is 2.29. The van der Waals surface area contributed by atoms with Crippen molar-refractivity contribution in [2.24, 2.45) is 0 Å². The minimum atomic E-state index is 0.502. The van der Waals surface area contributed by atoms with Crippen molar-refractivity contribution in [1.29, 1.82) is 0 Å². The van der Waals surface area contributed by atoms with Gasteiger partial charge in [-0.25, -0.2) is 0 Å². The Morgan fingerprint density at radius 1 is 0.917 bits per heavy atom. The fourth-order valence-corrected chi connectivity index (χ4v) is 3.14. The maximum absolute atomic E-state index is 6.13. The Kier molecular flexibility index (Phi) is 12.3. The average Bonchev–Trinajstić information content (AvgIpc) is 2.57. The quantitative estimate of drug-likeness (QED) is 0.292. The Bertz CT molecular complexity index is 480. The summed E-state index contributed by atoms with van der Waals surface area (Å²) in [6, 6.07) is 5.47. The maximum Gasteiger partial charge on any atom is 0.170 e. The molecule has 0 saturated heterocycles. The molecule has 0 fully saturated rings. The van der Waals surface area contributed by atoms with Crippen LogP contribution in [0.5, 0.6) is 0 Å². The smallest absolute Gasteiger partial charge is 0.170 e. The molecule has 24 heavy (non-hydrogen) atoms. The number of rotatable bonds is 12. The van der Waals surface area contributed by atoms with Crippen molar-refractivity contribution >= 4 is 46.2 Å². The first-order valence-corrected chi connectivity index (χ1v) is 10.3. The second-order valence-electron chi connectivity index (χ2n) is 6.16. The highest BCUT2D eigenvalue weighted by molar-refractivity contribution is 7.80. The number of thiocarbonyl (C=S) groups is 1. The van der Waals surface area contributed by atoms with Crippen LogP contribution in [0.3, 0.4) is 0 Å². The zero-order valence-electron chi connectivity index (χ0n) is 14.7. The zero-order valence-corrected chi connectivity index (χ0v) is 17.0. The molecule has 2 N–H and O–H groups in total. The molecular formula is C19H30Cl2N2S. The summed E-state index contributed by atoms with van der Waals surface area (Å²) >= 11 is 17.4. The molecule has 0 atom stereocenters. The van der Waals surface area contributed by atoms with Gasteiger partial charge in [-0.05, 0) is 30.8 Å². The van der Waals surface area contributed by atoms with E-state index in [9.17, 15) is 0 Å². The molecule has 0 spiro atoms. The van der Waals surface area contributed by atoms with Crippen LogP contribution in [-0.4, -0.2) is 11.7 Å². The van der Waals surface area contributed by atoms with Gasteiger partial charge in [0.15, 0.2) is 5.11 Å². The minimum Gasteiger partial charge on any atom is -0.362 e. The van der Waals surface area contributed by atoms with E-state index in [-0.39, 0.29) is 0 Å². The standard InChI is InChI=1S/C19H30Cl2N2S/c1-2-3-4-5-6-7-8-9-10-11-15-22-19(24)23-17-14-12-13-16(20)18(17)21/h12-14H,2-11,15H2,1H3,(H2,22,23,24). The van der Waals surface area contributed by atoms with Crippen molar-refractivity contribution in [3.8, 4) is 0 Å². The minimum absolute atomic E-state index is 0.502. The summed E-state index contributed by atoms with van der Waals surface area (Å²) in [5.41, 5.74) is 0.740. The zero-order chi connectivity index (χ0) is 17.6. The number of halogens is 2. The van der Waals surface area contributed by atoms with E-state index in [1.807, 2.05) is 12.1 Å². The van der Waals surface area contributed by atoms with Crippen LogP contribution >= 0.6 is 35.4 Å². The lowest BCUT2D eigenvalue weighted by atomic mass is 10.1. The molecule has 0 bridgehead atoms. The first kappa shape index (κ1) is 21.5. The molecular weight excluding hydrogens is 359 g/mol. The van der Waals surface area contributed by atoms with Crippen molar-refractivity contribution in [3.63, 3.8) is 0 Å². The van der Waals surface area contributed by atoms with Gasteiger partial charge in [0.05, 0.1) is 15.7 Å². The fourth-order valence-electron chi connectivity index (χ4n) is 2.58. The lowest BCUT2D eigenvalue weighted by molar-refractivity contribution is 0.555. The van der Waals surface area contributed by atoms with E-state index in [4.69, 9.17) is 35.4 Å². The molecule has 0 amide bonds. The molecule has 5 heteroatoms. The second kappa shape index (κ2) is 13.7. The average molecular weight is 389 g/mol. The number of unbranched alkanes of at least 4 members (excludes halogenated alkanes) is 9. The highest BCUT2D eigenvalue weighted by Gasteiger charge is 2.05. The topological polar surface area (TPSA) is 24.1 Å². The Labute approximate surface area is 162 Å². The SMILES string of the molecule is CCCCCCCCCCCCNC(=S)Nc1cccc(Cl)c1Cl. The monoisotopic (exact) mass is 388 g/mol. The van der Waals surface area contributed by atoms with Crippen LogP contribution in [-0.2, 0) is 0 Å². The van der Waals surface area contributed by atoms with Gasteiger partial charge in [-0.3, -0.25) is 0 Å². The van der Waals surface area contributed by atoms with Gasteiger partial charge in [-0.2, -0.15) is 0 Å². The molecule has 0 aliphatic rings. The summed E-state index contributed by atoms with van der Waals surface area (Å²) in [6.07, 6.45) is 13.4. The second-order valence-corrected chi connectivity index (χ2v) is 7.36. The van der Waals surface area contributed by atoms with Gasteiger partial charge in [-0.1, -0.05) is 94.0 Å². The van der Waals surface area contributed by atoms with Crippen molar-refractivity contribution < 1.29 is 0 Å². The summed E-state index contributed by atoms with van der Waals surface area (Å²) in [7, 11) is 0. The highest BCUT2D eigenvalue weighted by atomic mass is 35.5. The number of nitrogens with one attached hydrogen (secondary N) is 2. The largest absolute Gasteiger partial charge is 0.362 e. The van der Waals surface area contributed by atoms with Crippen LogP contribution in [0.15, 0.2) is 18.2 Å². The summed E-state index contributed by atoms with van der Waals surface area (Å²) in [5, 5.41) is 7.93. The number of hydrogen-bond donors (Lipinski definition) is 2. The summed E-state index contributed by atoms with van der Waals surface area (Å²) in [6.45, 7) is 3.15. The van der Waals surface area contributed by atoms with Crippen molar-refractivity contribution in [2.75, 3.05) is 11.9 Å². The molecule has 1 rings (SSSR count). The van der Waals surface area contributed by atoms with Gasteiger partial charge in [0, 0.05) is 6.54 Å². The first-order valence-electron chi connectivity index (χ1n) is 9.14. The molecule has 0 aliphatic heterocycles. The summed E-state index contributed by atoms with van der Waals surface area (Å²) in [4.78, 5) is 0. The number of hydrogen-bond acceptors (Lipinski definition) is 1. The molecule has 2 nitrogen and oxygen atoms in total. The molecule has 0 unspecified atom stereocenters. The molecule has 136 valence electrons. The number of benzene rings is 1. The van der Waals surface area contributed by atoms with E-state index in [0.29, 0.717) is 15.2 Å². The Balaban J connectivity index is 1.99. The van der Waals surface area contributed by atoms with Crippen LogP contribution in [0.4, 0.5) is 5.69 Å². The van der Waals surface area contributed by atoms with Gasteiger partial charge in [0.2, 0.25) is 0 Å². The van der Waals surface area contributed by atoms with E-state index in [1.54, 1.807) is 6.07 Å². The van der Waals surface area contributed by atoms with Crippen molar-refractivity contribution in [2.45, 2.75) is 71.1 Å². The van der Waals surface area contributed by atoms with Gasteiger partial charge >= 0.3 is 0 Å². The first-order chi connectivity index (χ1) is 11.6. The Morgan fingerprint density at radius 3 is 2.12 bits per heavy atom. The van der Waals surface area contributed by atoms with Gasteiger partial charge in [0.25, 0.3) is 0 Å². The molecule has 0 heterocycles. The van der Waals surface area contributed by atoms with Gasteiger partial charge in [-0.15, -0.1) is 0 Å². The van der Waals surface area contributed by atoms with E-state index >= 15 is 0 Å². The van der Waals surface area contributed by atoms with Crippen LogP contribution in [0.2, 0.25) is 10.0 Å². The Morgan fingerprint density at radius 2 is 1.50 bits per heavy atom. The summed E-state index contributed by atoms with van der Waals surface area (Å²) in [5.74, 6) is 0. The predicted molar refractivity (Wildman–Crippen MR) is 113 cm³/mol. The Hall–Kier alpha value is -0.510. The molecule has 0 aromatic heterocycles. The third kappa shape index (κ3) is 9.71. The van der Waals surface area contributed by atoms with Crippen molar-refractivity contribution in [3.05, 3.63) is 28.2 Å². The van der Waals surface area contributed by atoms with Crippen LogP contribution in [0.25, 0.3) is 0 Å². The summed E-state index contributed by atoms with van der Waals surface area (Å²) < 4.78 is 0. The lowest BCUT2D eigenvalue weighted by Gasteiger charge is -2.12. The van der Waals surface area contributed by atoms with Gasteiger partial charge < -0.3 is 10.6 Å². The molecule has 1 aromatic rings. The van der Waals surface area contributed by atoms with Crippen molar-refractivity contribution in [1.82, 2.24) is 5.32 Å². The van der Waals surface area contributed by atoms with E-state index < -0.39 is 0 Å². The molecule has 0 saturated carbocycles. The number of anilines is 1. The third-order valence-electron chi connectivity index (χ3n) is 4.02. The van der Waals surface area contributed by atoms with Gasteiger partial charge in [0.1, 0.15) is 0 Å². The van der Waals surface area contributed by atoms with E-state index in [1.165, 1.54) is 57.8 Å². The predicted octanol–water partition coefficient (Wildman–Crippen LogP) is 7.20. The van der Waals surface area contributed by atoms with E-state index in [2.05, 4.69) is 17.6 Å². The molecule has 0 radical (unpaired) electrons. The van der Waals surface area contributed by atoms with Crippen LogP contribution < -0.4 is 10.6 Å².